The first-order chi connectivity index (χ1) is 11.7. The van der Waals surface area contributed by atoms with Crippen molar-refractivity contribution in [2.75, 3.05) is 0 Å². The molecule has 1 N–H and O–H groups in total. The van der Waals surface area contributed by atoms with E-state index in [1.807, 2.05) is 42.5 Å². The molecule has 1 saturated heterocycles. The maximum atomic E-state index is 12.2. The average Bonchev–Trinajstić information content (AvgIpc) is 2.95. The summed E-state index contributed by atoms with van der Waals surface area (Å²) in [5.74, 6) is -0.190. The van der Waals surface area contributed by atoms with E-state index in [1.54, 1.807) is 12.1 Å². The lowest BCUT2D eigenvalue weighted by Crippen LogP contribution is -2.26. The number of aliphatic imine (C=N–C) groups is 1. The summed E-state index contributed by atoms with van der Waals surface area (Å²) in [6.45, 7) is 2.10. The van der Waals surface area contributed by atoms with Crippen LogP contribution in [0.25, 0.3) is 0 Å². The molecule has 5 heteroatoms. The van der Waals surface area contributed by atoms with Crippen molar-refractivity contribution < 1.29 is 9.59 Å². The topological polar surface area (TPSA) is 58.5 Å². The molecule has 2 aromatic rings. The molecule has 1 atom stereocenters. The van der Waals surface area contributed by atoms with Gasteiger partial charge >= 0.3 is 0 Å². The smallest absolute Gasteiger partial charge is 0.240 e. The van der Waals surface area contributed by atoms with Gasteiger partial charge in [0.15, 0.2) is 11.0 Å². The molecule has 1 amide bonds. The molecule has 1 fully saturated rings. The van der Waals surface area contributed by atoms with Crippen LogP contribution in [0.1, 0.15) is 29.3 Å². The third kappa shape index (κ3) is 3.92. The van der Waals surface area contributed by atoms with E-state index in [4.69, 9.17) is 0 Å². The molecule has 3 rings (SSSR count). The Balaban J connectivity index is 1.66. The average molecular weight is 338 g/mol. The van der Waals surface area contributed by atoms with E-state index >= 15 is 0 Å². The van der Waals surface area contributed by atoms with Crippen molar-refractivity contribution in [2.45, 2.75) is 25.0 Å². The summed E-state index contributed by atoms with van der Waals surface area (Å²) in [4.78, 5) is 28.8. The van der Waals surface area contributed by atoms with E-state index in [0.29, 0.717) is 10.7 Å². The quantitative estimate of drug-likeness (QED) is 0.845. The van der Waals surface area contributed by atoms with Gasteiger partial charge in [0.25, 0.3) is 0 Å². The van der Waals surface area contributed by atoms with Gasteiger partial charge in [-0.05, 0) is 24.1 Å². The van der Waals surface area contributed by atoms with E-state index in [2.05, 4.69) is 17.2 Å². The number of Topliss-reactive ketones (excluding diaryl/α,β-unsaturated/α-hetero) is 1. The monoisotopic (exact) mass is 338 g/mol. The summed E-state index contributed by atoms with van der Waals surface area (Å²) < 4.78 is 0. The normalized spacial score (nSPS) is 18.6. The molecule has 4 nitrogen and oxygen atoms in total. The lowest BCUT2D eigenvalue weighted by molar-refractivity contribution is -0.118. The Morgan fingerprint density at radius 3 is 2.50 bits per heavy atom. The molecular formula is C19H18N2O2S. The lowest BCUT2D eigenvalue weighted by Gasteiger charge is -2.04. The highest BCUT2D eigenvalue weighted by Gasteiger charge is 2.32. The number of carbonyl (C=O) groups is 2. The van der Waals surface area contributed by atoms with E-state index in [9.17, 15) is 9.59 Å². The number of amides is 1. The number of amidine groups is 1. The van der Waals surface area contributed by atoms with Crippen molar-refractivity contribution in [3.63, 3.8) is 0 Å². The Labute approximate surface area is 145 Å². The Morgan fingerprint density at radius 1 is 1.12 bits per heavy atom. The number of nitrogens with zero attached hydrogens (tertiary/aromatic N) is 1. The number of carbonyl (C=O) groups excluding carboxylic acids is 2. The Bertz CT molecular complexity index is 770. The van der Waals surface area contributed by atoms with E-state index in [-0.39, 0.29) is 18.1 Å². The zero-order valence-electron chi connectivity index (χ0n) is 13.4. The van der Waals surface area contributed by atoms with Gasteiger partial charge in [0.2, 0.25) is 5.91 Å². The summed E-state index contributed by atoms with van der Waals surface area (Å²) >= 11 is 1.32. The van der Waals surface area contributed by atoms with Crippen LogP contribution >= 0.6 is 11.8 Å². The third-order valence-corrected chi connectivity index (χ3v) is 4.90. The van der Waals surface area contributed by atoms with E-state index in [1.165, 1.54) is 17.3 Å². The molecule has 122 valence electrons. The van der Waals surface area contributed by atoms with Crippen LogP contribution in [0.15, 0.2) is 59.6 Å². The fourth-order valence-electron chi connectivity index (χ4n) is 2.43. The zero-order chi connectivity index (χ0) is 16.9. The number of thioether (sulfide) groups is 1. The van der Waals surface area contributed by atoms with Crippen molar-refractivity contribution in [1.82, 2.24) is 5.32 Å². The number of rotatable bonds is 5. The minimum absolute atomic E-state index is 0.0307. The second-order valence-electron chi connectivity index (χ2n) is 5.53. The van der Waals surface area contributed by atoms with Crippen LogP contribution in [-0.4, -0.2) is 22.1 Å². The third-order valence-electron chi connectivity index (χ3n) is 3.82. The van der Waals surface area contributed by atoms with Crippen LogP contribution in [0.3, 0.4) is 0 Å². The number of nitrogens with one attached hydrogen (secondary N) is 1. The van der Waals surface area contributed by atoms with Crippen molar-refractivity contribution in [2.24, 2.45) is 4.99 Å². The van der Waals surface area contributed by atoms with Gasteiger partial charge in [0.05, 0.1) is 10.9 Å². The molecule has 24 heavy (non-hydrogen) atoms. The molecule has 1 heterocycles. The highest BCUT2D eigenvalue weighted by Crippen LogP contribution is 2.26. The zero-order valence-corrected chi connectivity index (χ0v) is 14.2. The van der Waals surface area contributed by atoms with Crippen molar-refractivity contribution >= 4 is 34.3 Å². The second-order valence-corrected chi connectivity index (χ2v) is 6.72. The van der Waals surface area contributed by atoms with Crippen LogP contribution in [0.4, 0.5) is 5.69 Å². The Morgan fingerprint density at radius 2 is 1.83 bits per heavy atom. The molecular weight excluding hydrogens is 320 g/mol. The molecule has 1 aliphatic rings. The minimum Gasteiger partial charge on any atom is -0.304 e. The molecule has 2 aromatic carbocycles. The van der Waals surface area contributed by atoms with Crippen LogP contribution in [0.2, 0.25) is 0 Å². The highest BCUT2D eigenvalue weighted by atomic mass is 32.2. The van der Waals surface area contributed by atoms with Gasteiger partial charge in [0, 0.05) is 12.0 Å². The molecule has 0 bridgehead atoms. The first-order valence-electron chi connectivity index (χ1n) is 7.89. The summed E-state index contributed by atoms with van der Waals surface area (Å²) in [6.07, 6.45) is 1.15. The molecule has 0 spiro atoms. The maximum Gasteiger partial charge on any atom is 0.240 e. The van der Waals surface area contributed by atoms with Gasteiger partial charge in [-0.25, -0.2) is 4.99 Å². The van der Waals surface area contributed by atoms with Crippen LogP contribution in [0.5, 0.6) is 0 Å². The largest absolute Gasteiger partial charge is 0.304 e. The van der Waals surface area contributed by atoms with Crippen molar-refractivity contribution in [3.8, 4) is 0 Å². The molecule has 0 saturated carbocycles. The predicted molar refractivity (Wildman–Crippen MR) is 97.8 cm³/mol. The first kappa shape index (κ1) is 16.5. The van der Waals surface area contributed by atoms with E-state index in [0.717, 1.165) is 12.1 Å². The van der Waals surface area contributed by atoms with Crippen molar-refractivity contribution in [1.29, 1.82) is 0 Å². The molecule has 0 aliphatic carbocycles. The number of benzene rings is 2. The Kier molecular flexibility index (Phi) is 5.11. The van der Waals surface area contributed by atoms with Gasteiger partial charge < -0.3 is 5.32 Å². The number of aryl methyl sites for hydroxylation is 1. The fraction of sp³-hybridized carbons (Fsp3) is 0.211. The summed E-state index contributed by atoms with van der Waals surface area (Å²) in [5, 5.41) is 2.89. The van der Waals surface area contributed by atoms with Crippen LogP contribution < -0.4 is 5.32 Å². The van der Waals surface area contributed by atoms with Gasteiger partial charge in [-0.3, -0.25) is 9.59 Å². The number of ketones is 1. The van der Waals surface area contributed by atoms with Gasteiger partial charge in [-0.2, -0.15) is 0 Å². The minimum atomic E-state index is -0.425. The maximum absolute atomic E-state index is 12.2. The van der Waals surface area contributed by atoms with Gasteiger partial charge in [-0.15, -0.1) is 0 Å². The number of hydrogen-bond acceptors (Lipinski definition) is 4. The molecule has 1 unspecified atom stereocenters. The van der Waals surface area contributed by atoms with Gasteiger partial charge in [-0.1, -0.05) is 61.2 Å². The first-order valence-corrected chi connectivity index (χ1v) is 8.77. The van der Waals surface area contributed by atoms with Gasteiger partial charge in [0.1, 0.15) is 0 Å². The molecule has 0 radical (unpaired) electrons. The van der Waals surface area contributed by atoms with Crippen LogP contribution in [-0.2, 0) is 11.2 Å². The summed E-state index contributed by atoms with van der Waals surface area (Å²) in [7, 11) is 0. The lowest BCUT2D eigenvalue weighted by atomic mass is 10.1. The molecule has 0 aromatic heterocycles. The summed E-state index contributed by atoms with van der Waals surface area (Å²) in [5.41, 5.74) is 2.67. The SMILES string of the molecule is CCc1ccc(N=C2NC(=O)C(CC(=O)c3ccccc3)S2)cc1. The second kappa shape index (κ2) is 7.45. The molecule has 1 aliphatic heterocycles. The predicted octanol–water partition coefficient (Wildman–Crippen LogP) is 3.74. The van der Waals surface area contributed by atoms with Crippen molar-refractivity contribution in [3.05, 3.63) is 65.7 Å². The fourth-order valence-corrected chi connectivity index (χ4v) is 3.41. The van der Waals surface area contributed by atoms with Crippen LogP contribution in [0, 0.1) is 0 Å². The summed E-state index contributed by atoms with van der Waals surface area (Å²) in [6, 6.07) is 17.0. The Hall–Kier alpha value is -2.40. The number of hydrogen-bond donors (Lipinski definition) is 1. The highest BCUT2D eigenvalue weighted by molar-refractivity contribution is 8.15. The van der Waals surface area contributed by atoms with E-state index < -0.39 is 5.25 Å². The standard InChI is InChI=1S/C19H18N2O2S/c1-2-13-8-10-15(11-9-13)20-19-21-18(23)17(24-19)12-16(22)14-6-4-3-5-7-14/h3-11,17H,2,12H2,1H3,(H,20,21,23).